The van der Waals surface area contributed by atoms with Crippen LogP contribution < -0.4 is 10.6 Å². The Morgan fingerprint density at radius 3 is 2.50 bits per heavy atom. The summed E-state index contributed by atoms with van der Waals surface area (Å²) in [7, 11) is 1.76. The number of hydrogen-bond donors (Lipinski definition) is 2. The van der Waals surface area contributed by atoms with Crippen molar-refractivity contribution in [3.05, 3.63) is 47.8 Å². The van der Waals surface area contributed by atoms with Gasteiger partial charge in [0, 0.05) is 25.0 Å². The highest BCUT2D eigenvalue weighted by atomic mass is 127. The maximum atomic E-state index is 13.9. The Morgan fingerprint density at radius 2 is 1.91 bits per heavy atom. The third-order valence-electron chi connectivity index (χ3n) is 3.87. The van der Waals surface area contributed by atoms with Gasteiger partial charge in [0.25, 0.3) is 0 Å². The van der Waals surface area contributed by atoms with Crippen molar-refractivity contribution in [1.82, 2.24) is 10.6 Å². The molecule has 0 aromatic heterocycles. The second kappa shape index (κ2) is 8.50. The molecule has 0 atom stereocenters. The minimum Gasteiger partial charge on any atom is -0.356 e. The summed E-state index contributed by atoms with van der Waals surface area (Å²) >= 11 is 0. The number of aliphatic imine (C=N–C) groups is 1. The van der Waals surface area contributed by atoms with Gasteiger partial charge in [0.05, 0.1) is 0 Å². The highest BCUT2D eigenvalue weighted by Crippen LogP contribution is 2.24. The van der Waals surface area contributed by atoms with Crippen molar-refractivity contribution in [2.75, 3.05) is 13.6 Å². The SMILES string of the molecule is CN=C(NCC(C)(C)c1ccccc1F)NC1CC=CC1.I. The van der Waals surface area contributed by atoms with Crippen molar-refractivity contribution in [1.29, 1.82) is 0 Å². The van der Waals surface area contributed by atoms with Gasteiger partial charge in [-0.15, -0.1) is 24.0 Å². The third-order valence-corrected chi connectivity index (χ3v) is 3.87. The lowest BCUT2D eigenvalue weighted by molar-refractivity contribution is 0.471. The Hall–Kier alpha value is -1.11. The Morgan fingerprint density at radius 1 is 1.27 bits per heavy atom. The molecule has 2 N–H and O–H groups in total. The molecule has 1 aromatic rings. The van der Waals surface area contributed by atoms with Crippen LogP contribution in [0, 0.1) is 5.82 Å². The van der Waals surface area contributed by atoms with Crippen LogP contribution in [0.2, 0.25) is 0 Å². The monoisotopic (exact) mass is 417 g/mol. The fourth-order valence-corrected chi connectivity index (χ4v) is 2.53. The van der Waals surface area contributed by atoms with E-state index in [4.69, 9.17) is 0 Å². The molecule has 0 spiro atoms. The maximum absolute atomic E-state index is 13.9. The van der Waals surface area contributed by atoms with Gasteiger partial charge in [0.15, 0.2) is 5.96 Å². The van der Waals surface area contributed by atoms with Gasteiger partial charge < -0.3 is 10.6 Å². The topological polar surface area (TPSA) is 36.4 Å². The summed E-state index contributed by atoms with van der Waals surface area (Å²) in [6.45, 7) is 4.68. The zero-order valence-corrected chi connectivity index (χ0v) is 15.7. The second-order valence-electron chi connectivity index (χ2n) is 6.07. The van der Waals surface area contributed by atoms with Crippen LogP contribution in [0.1, 0.15) is 32.3 Å². The van der Waals surface area contributed by atoms with Gasteiger partial charge in [0.2, 0.25) is 0 Å². The third kappa shape index (κ3) is 4.97. The average molecular weight is 417 g/mol. The lowest BCUT2D eigenvalue weighted by Crippen LogP contribution is -2.46. The largest absolute Gasteiger partial charge is 0.356 e. The molecule has 3 nitrogen and oxygen atoms in total. The Balaban J connectivity index is 0.00000242. The summed E-state index contributed by atoms with van der Waals surface area (Å²) in [6, 6.07) is 7.35. The molecule has 0 heterocycles. The average Bonchev–Trinajstić information content (AvgIpc) is 2.96. The van der Waals surface area contributed by atoms with E-state index in [9.17, 15) is 4.39 Å². The van der Waals surface area contributed by atoms with Gasteiger partial charge in [-0.2, -0.15) is 0 Å². The van der Waals surface area contributed by atoms with Crippen molar-refractivity contribution in [3.63, 3.8) is 0 Å². The van der Waals surface area contributed by atoms with Gasteiger partial charge in [0.1, 0.15) is 5.82 Å². The summed E-state index contributed by atoms with van der Waals surface area (Å²) < 4.78 is 13.9. The van der Waals surface area contributed by atoms with Crippen LogP contribution >= 0.6 is 24.0 Å². The summed E-state index contributed by atoms with van der Waals surface area (Å²) in [5.74, 6) is 0.611. The lowest BCUT2D eigenvalue weighted by Gasteiger charge is -2.28. The molecular formula is C17H25FIN3. The van der Waals surface area contributed by atoms with E-state index in [2.05, 4.69) is 27.8 Å². The summed E-state index contributed by atoms with van der Waals surface area (Å²) in [5, 5.41) is 6.69. The molecule has 1 aliphatic carbocycles. The van der Waals surface area contributed by atoms with Gasteiger partial charge in [-0.05, 0) is 24.5 Å². The van der Waals surface area contributed by atoms with E-state index in [1.54, 1.807) is 13.1 Å². The normalized spacial score (nSPS) is 15.5. The number of guanidine groups is 1. The fraction of sp³-hybridized carbons (Fsp3) is 0.471. The van der Waals surface area contributed by atoms with Crippen molar-refractivity contribution in [2.45, 2.75) is 38.1 Å². The van der Waals surface area contributed by atoms with Crippen LogP contribution in [0.5, 0.6) is 0 Å². The molecule has 0 amide bonds. The van der Waals surface area contributed by atoms with E-state index >= 15 is 0 Å². The predicted molar refractivity (Wildman–Crippen MR) is 102 cm³/mol. The first-order chi connectivity index (χ1) is 10.0. The molecule has 122 valence electrons. The van der Waals surface area contributed by atoms with Gasteiger partial charge in [-0.3, -0.25) is 4.99 Å². The van der Waals surface area contributed by atoms with Crippen LogP contribution in [0.4, 0.5) is 4.39 Å². The maximum Gasteiger partial charge on any atom is 0.191 e. The molecule has 0 unspecified atom stereocenters. The van der Waals surface area contributed by atoms with Gasteiger partial charge in [-0.1, -0.05) is 44.2 Å². The number of rotatable bonds is 4. The van der Waals surface area contributed by atoms with E-state index in [0.717, 1.165) is 24.4 Å². The smallest absolute Gasteiger partial charge is 0.191 e. The minimum atomic E-state index is -0.309. The van der Waals surface area contributed by atoms with Crippen molar-refractivity contribution >= 4 is 29.9 Å². The molecule has 2 rings (SSSR count). The standard InChI is InChI=1S/C17H24FN3.HI/c1-17(2,14-10-6-7-11-15(14)18)12-20-16(19-3)21-13-8-4-5-9-13;/h4-7,10-11,13H,8-9,12H2,1-3H3,(H2,19,20,21);1H. The molecule has 5 heteroatoms. The molecule has 0 fully saturated rings. The predicted octanol–water partition coefficient (Wildman–Crippen LogP) is 3.60. The number of benzene rings is 1. The first-order valence-corrected chi connectivity index (χ1v) is 7.40. The summed E-state index contributed by atoms with van der Waals surface area (Å²) in [5.41, 5.74) is 0.409. The zero-order chi connectivity index (χ0) is 15.3. The number of nitrogens with zero attached hydrogens (tertiary/aromatic N) is 1. The first-order valence-electron chi connectivity index (χ1n) is 7.40. The molecule has 22 heavy (non-hydrogen) atoms. The lowest BCUT2D eigenvalue weighted by atomic mass is 9.84. The van der Waals surface area contributed by atoms with Crippen LogP contribution in [-0.2, 0) is 5.41 Å². The van der Waals surface area contributed by atoms with E-state index in [1.807, 2.05) is 26.0 Å². The molecule has 1 aliphatic rings. The van der Waals surface area contributed by atoms with Crippen LogP contribution in [0.3, 0.4) is 0 Å². The number of halogens is 2. The summed E-state index contributed by atoms with van der Waals surface area (Å²) in [6.07, 6.45) is 6.40. The number of nitrogens with one attached hydrogen (secondary N) is 2. The molecule has 0 saturated carbocycles. The molecule has 1 aromatic carbocycles. The van der Waals surface area contributed by atoms with Crippen molar-refractivity contribution in [3.8, 4) is 0 Å². The molecule has 0 bridgehead atoms. The number of hydrogen-bond acceptors (Lipinski definition) is 1. The van der Waals surface area contributed by atoms with Gasteiger partial charge in [-0.25, -0.2) is 4.39 Å². The quantitative estimate of drug-likeness (QED) is 0.340. The van der Waals surface area contributed by atoms with Crippen LogP contribution in [0.15, 0.2) is 41.4 Å². The fourth-order valence-electron chi connectivity index (χ4n) is 2.53. The van der Waals surface area contributed by atoms with Crippen LogP contribution in [-0.4, -0.2) is 25.6 Å². The molecule has 0 saturated heterocycles. The highest BCUT2D eigenvalue weighted by Gasteiger charge is 2.24. The van der Waals surface area contributed by atoms with E-state index in [-0.39, 0.29) is 35.2 Å². The second-order valence-corrected chi connectivity index (χ2v) is 6.07. The molecule has 0 aliphatic heterocycles. The Labute approximate surface area is 149 Å². The molecule has 0 radical (unpaired) electrons. The Bertz CT molecular complexity index is 532. The van der Waals surface area contributed by atoms with E-state index in [1.165, 1.54) is 6.07 Å². The van der Waals surface area contributed by atoms with Crippen molar-refractivity contribution in [2.24, 2.45) is 4.99 Å². The highest BCUT2D eigenvalue weighted by molar-refractivity contribution is 14.0. The Kier molecular flexibility index (Phi) is 7.32. The van der Waals surface area contributed by atoms with Crippen LogP contribution in [0.25, 0.3) is 0 Å². The van der Waals surface area contributed by atoms with E-state index < -0.39 is 0 Å². The van der Waals surface area contributed by atoms with Crippen molar-refractivity contribution < 1.29 is 4.39 Å². The first kappa shape index (κ1) is 18.9. The molecular weight excluding hydrogens is 392 g/mol. The summed E-state index contributed by atoms with van der Waals surface area (Å²) in [4.78, 5) is 4.24. The van der Waals surface area contributed by atoms with E-state index in [0.29, 0.717) is 12.6 Å². The minimum absolute atomic E-state index is 0. The van der Waals surface area contributed by atoms with Gasteiger partial charge >= 0.3 is 0 Å². The zero-order valence-electron chi connectivity index (χ0n) is 13.4.